The Morgan fingerprint density at radius 2 is 0.898 bits per heavy atom. The summed E-state index contributed by atoms with van der Waals surface area (Å²) in [5.41, 5.74) is 14.3. The minimum absolute atomic E-state index is 0.0387. The van der Waals surface area contributed by atoms with Gasteiger partial charge in [-0.25, -0.2) is 0 Å². The molecule has 0 radical (unpaired) electrons. The van der Waals surface area contributed by atoms with E-state index < -0.39 is 0 Å². The molecular weight excluding hydrogens is 604 g/mol. The summed E-state index contributed by atoms with van der Waals surface area (Å²) >= 11 is 0. The number of hydrogen-bond donors (Lipinski definition) is 0. The molecule has 7 aromatic carbocycles. The number of ether oxygens (including phenoxy) is 2. The van der Waals surface area contributed by atoms with Gasteiger partial charge in [-0.2, -0.15) is 0 Å². The lowest BCUT2D eigenvalue weighted by atomic mass is 9.30. The van der Waals surface area contributed by atoms with Gasteiger partial charge in [0.25, 0.3) is 13.4 Å². The summed E-state index contributed by atoms with van der Waals surface area (Å²) in [6, 6.07) is 40.7. The molecule has 5 nitrogen and oxygen atoms in total. The van der Waals surface area contributed by atoms with E-state index in [2.05, 4.69) is 120 Å². The van der Waals surface area contributed by atoms with Crippen molar-refractivity contribution < 1.29 is 18.3 Å². The Morgan fingerprint density at radius 3 is 1.43 bits per heavy atom. The van der Waals surface area contributed by atoms with Gasteiger partial charge in [-0.3, -0.25) is 0 Å². The van der Waals surface area contributed by atoms with Crippen molar-refractivity contribution in [3.63, 3.8) is 0 Å². The van der Waals surface area contributed by atoms with Crippen LogP contribution in [-0.4, -0.2) is 18.0 Å². The van der Waals surface area contributed by atoms with E-state index in [1.165, 1.54) is 43.8 Å². The molecule has 0 unspecified atom stereocenters. The van der Waals surface area contributed by atoms with Gasteiger partial charge in [-0.05, 0) is 57.0 Å². The van der Waals surface area contributed by atoms with Gasteiger partial charge in [0.15, 0.2) is 0 Å². The molecule has 0 N–H and O–H groups in total. The van der Waals surface area contributed by atoms with Crippen molar-refractivity contribution >= 4 is 112 Å². The van der Waals surface area contributed by atoms with Gasteiger partial charge in [0.05, 0.1) is 21.8 Å². The van der Waals surface area contributed by atoms with Gasteiger partial charge in [-0.1, -0.05) is 84.9 Å². The second-order valence-corrected chi connectivity index (χ2v) is 13.9. The lowest BCUT2D eigenvalue weighted by molar-refractivity contribution is 0.465. The van der Waals surface area contributed by atoms with Crippen LogP contribution in [0.3, 0.4) is 0 Å². The van der Waals surface area contributed by atoms with E-state index in [-0.39, 0.29) is 13.4 Å². The number of furan rings is 2. The smallest absolute Gasteiger partial charge is 0.256 e. The molecule has 222 valence electrons. The Bertz CT molecular complexity index is 3050. The minimum Gasteiger partial charge on any atom is -0.458 e. The molecule has 3 aromatic heterocycles. The zero-order valence-corrected chi connectivity index (χ0v) is 25.7. The third kappa shape index (κ3) is 2.51. The first-order valence-electron chi connectivity index (χ1n) is 16.8. The first-order valence-corrected chi connectivity index (χ1v) is 16.8. The molecule has 14 rings (SSSR count). The molecular formula is C42H19B2NO4. The molecule has 0 bridgehead atoms. The van der Waals surface area contributed by atoms with Crippen LogP contribution in [-0.2, 0) is 0 Å². The Balaban J connectivity index is 1.33. The van der Waals surface area contributed by atoms with Gasteiger partial charge in [0, 0.05) is 33.3 Å². The molecule has 4 aliphatic rings. The molecule has 0 atom stereocenters. The van der Waals surface area contributed by atoms with Crippen LogP contribution in [0.4, 0.5) is 0 Å². The highest BCUT2D eigenvalue weighted by atomic mass is 16.5. The van der Waals surface area contributed by atoms with Gasteiger partial charge >= 0.3 is 0 Å². The maximum atomic E-state index is 6.90. The van der Waals surface area contributed by atoms with Crippen molar-refractivity contribution in [1.82, 2.24) is 4.57 Å². The topological polar surface area (TPSA) is 49.7 Å². The van der Waals surface area contributed by atoms with Crippen molar-refractivity contribution in [1.29, 1.82) is 0 Å². The van der Waals surface area contributed by atoms with Crippen molar-refractivity contribution in [2.75, 3.05) is 0 Å². The monoisotopic (exact) mass is 623 g/mol. The second kappa shape index (κ2) is 7.69. The van der Waals surface area contributed by atoms with Crippen LogP contribution in [0.25, 0.3) is 71.4 Å². The summed E-state index contributed by atoms with van der Waals surface area (Å²) in [6.45, 7) is -0.0775. The Labute approximate surface area is 278 Å². The summed E-state index contributed by atoms with van der Waals surface area (Å²) in [5.74, 6) is 3.46. The number of benzene rings is 7. The highest BCUT2D eigenvalue weighted by Crippen LogP contribution is 2.48. The van der Waals surface area contributed by atoms with Gasteiger partial charge in [0.1, 0.15) is 45.3 Å². The van der Waals surface area contributed by atoms with E-state index in [9.17, 15) is 0 Å². The number of fused-ring (bicyclic) bond motifs is 15. The van der Waals surface area contributed by atoms with Crippen LogP contribution in [0.5, 0.6) is 23.0 Å². The van der Waals surface area contributed by atoms with Crippen molar-refractivity contribution in [2.24, 2.45) is 0 Å². The highest BCUT2D eigenvalue weighted by molar-refractivity contribution is 7.03. The third-order valence-corrected chi connectivity index (χ3v) is 11.7. The average molecular weight is 623 g/mol. The fourth-order valence-electron chi connectivity index (χ4n) is 9.90. The van der Waals surface area contributed by atoms with Crippen LogP contribution in [0.2, 0.25) is 0 Å². The Morgan fingerprint density at radius 1 is 0.429 bits per heavy atom. The van der Waals surface area contributed by atoms with Crippen LogP contribution >= 0.6 is 0 Å². The Kier molecular flexibility index (Phi) is 3.75. The fourth-order valence-corrected chi connectivity index (χ4v) is 9.90. The SMILES string of the molecule is c1ccc2c(c1)Oc1cc3c4c5c1B2c1cc2c6ccccc6oc2c2c6c7oc8ccccc8c7cc(c6n-5c12)B4c1ccccc1O3. The van der Waals surface area contributed by atoms with Crippen LogP contribution in [0.15, 0.2) is 124 Å². The summed E-state index contributed by atoms with van der Waals surface area (Å²) in [7, 11) is 0. The van der Waals surface area contributed by atoms with E-state index in [1.807, 2.05) is 0 Å². The van der Waals surface area contributed by atoms with Crippen molar-refractivity contribution in [3.05, 3.63) is 115 Å². The van der Waals surface area contributed by atoms with Gasteiger partial charge in [-0.15, -0.1) is 0 Å². The van der Waals surface area contributed by atoms with Crippen molar-refractivity contribution in [3.8, 4) is 28.7 Å². The first kappa shape index (κ1) is 23.9. The first-order chi connectivity index (χ1) is 24.3. The molecule has 7 heteroatoms. The predicted octanol–water partition coefficient (Wildman–Crippen LogP) is 6.45. The molecule has 0 saturated heterocycles. The van der Waals surface area contributed by atoms with E-state index in [1.54, 1.807) is 0 Å². The summed E-state index contributed by atoms with van der Waals surface area (Å²) in [6.07, 6.45) is 0. The lowest BCUT2D eigenvalue weighted by Crippen LogP contribution is -2.65. The number of aromatic nitrogens is 1. The van der Waals surface area contributed by atoms with Crippen LogP contribution in [0.1, 0.15) is 0 Å². The van der Waals surface area contributed by atoms with E-state index in [0.717, 1.165) is 83.3 Å². The summed E-state index contributed by atoms with van der Waals surface area (Å²) in [5, 5.41) is 6.67. The zero-order chi connectivity index (χ0) is 31.3. The molecule has 0 spiro atoms. The van der Waals surface area contributed by atoms with Gasteiger partial charge < -0.3 is 22.9 Å². The minimum atomic E-state index is -0.0387. The largest absolute Gasteiger partial charge is 0.458 e. The molecule has 10 aromatic rings. The predicted molar refractivity (Wildman–Crippen MR) is 198 cm³/mol. The number of hydrogen-bond acceptors (Lipinski definition) is 4. The maximum Gasteiger partial charge on any atom is 0.256 e. The van der Waals surface area contributed by atoms with E-state index in [0.29, 0.717) is 0 Å². The lowest BCUT2D eigenvalue weighted by Gasteiger charge is -2.40. The average Bonchev–Trinajstić information content (AvgIpc) is 3.82. The number of nitrogens with zero attached hydrogens (tertiary/aromatic N) is 1. The number of para-hydroxylation sites is 4. The quantitative estimate of drug-likeness (QED) is 0.182. The summed E-state index contributed by atoms with van der Waals surface area (Å²) < 4.78 is 29.9. The molecule has 0 saturated carbocycles. The number of rotatable bonds is 0. The van der Waals surface area contributed by atoms with E-state index in [4.69, 9.17) is 18.3 Å². The Hall–Kier alpha value is -6.33. The van der Waals surface area contributed by atoms with Crippen molar-refractivity contribution in [2.45, 2.75) is 0 Å². The molecule has 7 heterocycles. The highest BCUT2D eigenvalue weighted by Gasteiger charge is 2.49. The van der Waals surface area contributed by atoms with Crippen LogP contribution in [0, 0.1) is 0 Å². The van der Waals surface area contributed by atoms with Crippen LogP contribution < -0.4 is 42.3 Å². The molecule has 0 amide bonds. The molecule has 49 heavy (non-hydrogen) atoms. The zero-order valence-electron chi connectivity index (χ0n) is 25.7. The summed E-state index contributed by atoms with van der Waals surface area (Å²) in [4.78, 5) is 0. The standard InChI is InChI=1S/C42H19B2NO4/c1-5-13-28-20(9-1)22-17-26-38-34(41(22)48-28)35-39-27(18-23-21-10-2-6-14-29(21)49-42(23)35)44-25-12-4-8-16-31(25)47-33-19-32-36(40(37(33)44)45(38)39)43(26)24-11-3-7-15-30(24)46-32/h1-19H. The van der Waals surface area contributed by atoms with E-state index >= 15 is 0 Å². The maximum absolute atomic E-state index is 6.90. The van der Waals surface area contributed by atoms with Gasteiger partial charge in [0.2, 0.25) is 0 Å². The fraction of sp³-hybridized carbons (Fsp3) is 0. The second-order valence-electron chi connectivity index (χ2n) is 13.9. The molecule has 4 aliphatic heterocycles. The molecule has 0 fully saturated rings. The normalized spacial score (nSPS) is 14.4. The molecule has 0 aliphatic carbocycles. The third-order valence-electron chi connectivity index (χ3n) is 11.7.